The van der Waals surface area contributed by atoms with Crippen molar-refractivity contribution in [3.8, 4) is 0 Å². The van der Waals surface area contributed by atoms with Gasteiger partial charge in [0.05, 0.1) is 5.60 Å². The number of rotatable bonds is 4. The SMILES string of the molecule is CCC(C)C(C)(O)Cc1ncnn1C. The van der Waals surface area contributed by atoms with Crippen molar-refractivity contribution in [1.29, 1.82) is 0 Å². The Kier molecular flexibility index (Phi) is 3.26. The summed E-state index contributed by atoms with van der Waals surface area (Å²) in [7, 11) is 1.84. The molecule has 1 aromatic heterocycles. The van der Waals surface area contributed by atoms with E-state index in [0.29, 0.717) is 6.42 Å². The molecule has 1 heterocycles. The molecule has 0 aliphatic rings. The lowest BCUT2D eigenvalue weighted by Gasteiger charge is -2.28. The molecule has 0 spiro atoms. The number of nitrogens with zero attached hydrogens (tertiary/aromatic N) is 3. The van der Waals surface area contributed by atoms with Gasteiger partial charge in [-0.05, 0) is 12.8 Å². The van der Waals surface area contributed by atoms with Crippen molar-refractivity contribution in [2.45, 2.75) is 39.2 Å². The average Bonchev–Trinajstić information content (AvgIpc) is 2.50. The number of hydrogen-bond acceptors (Lipinski definition) is 3. The highest BCUT2D eigenvalue weighted by Crippen LogP contribution is 2.23. The van der Waals surface area contributed by atoms with E-state index in [1.54, 1.807) is 4.68 Å². The smallest absolute Gasteiger partial charge is 0.138 e. The standard InChI is InChI=1S/C10H19N3O/c1-5-8(2)10(3,14)6-9-11-7-12-13(9)4/h7-8,14H,5-6H2,1-4H3. The molecule has 14 heavy (non-hydrogen) atoms. The second-order valence-electron chi connectivity index (χ2n) is 4.14. The molecule has 0 saturated heterocycles. The van der Waals surface area contributed by atoms with Gasteiger partial charge in [0.2, 0.25) is 0 Å². The fraction of sp³-hybridized carbons (Fsp3) is 0.800. The van der Waals surface area contributed by atoms with Gasteiger partial charge in [0.25, 0.3) is 0 Å². The molecule has 80 valence electrons. The highest BCUT2D eigenvalue weighted by Gasteiger charge is 2.28. The summed E-state index contributed by atoms with van der Waals surface area (Å²) in [5.41, 5.74) is -0.699. The van der Waals surface area contributed by atoms with E-state index in [0.717, 1.165) is 12.2 Å². The molecule has 0 aliphatic heterocycles. The van der Waals surface area contributed by atoms with Crippen molar-refractivity contribution >= 4 is 0 Å². The second kappa shape index (κ2) is 4.09. The van der Waals surface area contributed by atoms with E-state index in [1.807, 2.05) is 14.0 Å². The van der Waals surface area contributed by atoms with E-state index >= 15 is 0 Å². The van der Waals surface area contributed by atoms with E-state index in [4.69, 9.17) is 0 Å². The summed E-state index contributed by atoms with van der Waals surface area (Å²) < 4.78 is 1.71. The summed E-state index contributed by atoms with van der Waals surface area (Å²) in [6.45, 7) is 5.99. The van der Waals surface area contributed by atoms with Gasteiger partial charge in [-0.25, -0.2) is 4.98 Å². The maximum absolute atomic E-state index is 10.2. The van der Waals surface area contributed by atoms with Crippen molar-refractivity contribution in [2.75, 3.05) is 0 Å². The third-order valence-electron chi connectivity index (χ3n) is 3.00. The lowest BCUT2D eigenvalue weighted by atomic mass is 9.86. The molecule has 0 amide bonds. The van der Waals surface area contributed by atoms with Crippen LogP contribution in [0.1, 0.15) is 33.0 Å². The Morgan fingerprint density at radius 1 is 1.64 bits per heavy atom. The maximum Gasteiger partial charge on any atom is 0.138 e. The first kappa shape index (κ1) is 11.2. The van der Waals surface area contributed by atoms with Gasteiger partial charge in [-0.3, -0.25) is 4.68 Å². The molecule has 4 nitrogen and oxygen atoms in total. The largest absolute Gasteiger partial charge is 0.389 e. The average molecular weight is 197 g/mol. The van der Waals surface area contributed by atoms with Gasteiger partial charge in [0, 0.05) is 13.5 Å². The number of aryl methyl sites for hydroxylation is 1. The van der Waals surface area contributed by atoms with Crippen LogP contribution < -0.4 is 0 Å². The molecule has 1 rings (SSSR count). The predicted octanol–water partition coefficient (Wildman–Crippen LogP) is 1.15. The van der Waals surface area contributed by atoms with Gasteiger partial charge in [-0.2, -0.15) is 5.10 Å². The van der Waals surface area contributed by atoms with Crippen molar-refractivity contribution < 1.29 is 5.11 Å². The Hall–Kier alpha value is -0.900. The van der Waals surface area contributed by atoms with Crippen molar-refractivity contribution in [2.24, 2.45) is 13.0 Å². The lowest BCUT2D eigenvalue weighted by Crippen LogP contribution is -2.35. The van der Waals surface area contributed by atoms with Crippen LogP contribution in [0.15, 0.2) is 6.33 Å². The van der Waals surface area contributed by atoms with Gasteiger partial charge in [-0.15, -0.1) is 0 Å². The Morgan fingerprint density at radius 3 is 2.71 bits per heavy atom. The Labute approximate surface area is 85.0 Å². The zero-order chi connectivity index (χ0) is 10.8. The molecule has 0 saturated carbocycles. The molecule has 0 aromatic carbocycles. The van der Waals surface area contributed by atoms with Crippen LogP contribution in [-0.2, 0) is 13.5 Å². The zero-order valence-corrected chi connectivity index (χ0v) is 9.36. The van der Waals surface area contributed by atoms with Gasteiger partial charge in [0.1, 0.15) is 12.2 Å². The van der Waals surface area contributed by atoms with Crippen LogP contribution in [0.5, 0.6) is 0 Å². The highest BCUT2D eigenvalue weighted by molar-refractivity contribution is 4.93. The molecule has 2 atom stereocenters. The molecule has 0 aliphatic carbocycles. The number of aromatic nitrogens is 3. The monoisotopic (exact) mass is 197 g/mol. The summed E-state index contributed by atoms with van der Waals surface area (Å²) in [5.74, 6) is 1.09. The number of aliphatic hydroxyl groups is 1. The Bertz CT molecular complexity index is 293. The van der Waals surface area contributed by atoms with E-state index in [9.17, 15) is 5.11 Å². The minimum atomic E-state index is -0.699. The van der Waals surface area contributed by atoms with Crippen LogP contribution in [-0.4, -0.2) is 25.5 Å². The zero-order valence-electron chi connectivity index (χ0n) is 9.36. The first-order valence-electron chi connectivity index (χ1n) is 5.02. The molecule has 0 fully saturated rings. The van der Waals surface area contributed by atoms with Crippen LogP contribution in [0.3, 0.4) is 0 Å². The normalized spacial score (nSPS) is 17.8. The molecular formula is C10H19N3O. The summed E-state index contributed by atoms with van der Waals surface area (Å²) in [6, 6.07) is 0. The van der Waals surface area contributed by atoms with Gasteiger partial charge in [-0.1, -0.05) is 20.3 Å². The van der Waals surface area contributed by atoms with Crippen LogP contribution in [0.2, 0.25) is 0 Å². The molecule has 1 N–H and O–H groups in total. The third-order valence-corrected chi connectivity index (χ3v) is 3.00. The summed E-state index contributed by atoms with van der Waals surface area (Å²) in [5, 5.41) is 14.2. The van der Waals surface area contributed by atoms with E-state index in [2.05, 4.69) is 23.9 Å². The molecule has 0 radical (unpaired) electrons. The van der Waals surface area contributed by atoms with Crippen LogP contribution >= 0.6 is 0 Å². The highest BCUT2D eigenvalue weighted by atomic mass is 16.3. The van der Waals surface area contributed by atoms with Gasteiger partial charge in [0.15, 0.2) is 0 Å². The molecule has 4 heteroatoms. The van der Waals surface area contributed by atoms with Crippen LogP contribution in [0.25, 0.3) is 0 Å². The maximum atomic E-state index is 10.2. The van der Waals surface area contributed by atoms with Gasteiger partial charge >= 0.3 is 0 Å². The quantitative estimate of drug-likeness (QED) is 0.788. The molecule has 0 bridgehead atoms. The number of hydrogen-bond donors (Lipinski definition) is 1. The van der Waals surface area contributed by atoms with Gasteiger partial charge < -0.3 is 5.11 Å². The van der Waals surface area contributed by atoms with E-state index < -0.39 is 5.60 Å². The van der Waals surface area contributed by atoms with Crippen molar-refractivity contribution in [1.82, 2.24) is 14.8 Å². The third kappa shape index (κ3) is 2.32. The first-order chi connectivity index (χ1) is 6.47. The Morgan fingerprint density at radius 2 is 2.29 bits per heavy atom. The topological polar surface area (TPSA) is 50.9 Å². The van der Waals surface area contributed by atoms with Crippen LogP contribution in [0, 0.1) is 5.92 Å². The predicted molar refractivity (Wildman–Crippen MR) is 54.8 cm³/mol. The summed E-state index contributed by atoms with van der Waals surface area (Å²) >= 11 is 0. The van der Waals surface area contributed by atoms with Crippen molar-refractivity contribution in [3.63, 3.8) is 0 Å². The first-order valence-corrected chi connectivity index (χ1v) is 5.02. The lowest BCUT2D eigenvalue weighted by molar-refractivity contribution is 0.00272. The summed E-state index contributed by atoms with van der Waals surface area (Å²) in [6.07, 6.45) is 3.03. The second-order valence-corrected chi connectivity index (χ2v) is 4.14. The Balaban J connectivity index is 2.73. The fourth-order valence-electron chi connectivity index (χ4n) is 1.41. The van der Waals surface area contributed by atoms with Crippen LogP contribution in [0.4, 0.5) is 0 Å². The fourth-order valence-corrected chi connectivity index (χ4v) is 1.41. The molecule has 2 unspecified atom stereocenters. The summed E-state index contributed by atoms with van der Waals surface area (Å²) in [4.78, 5) is 4.11. The minimum absolute atomic E-state index is 0.263. The van der Waals surface area contributed by atoms with E-state index in [1.165, 1.54) is 6.33 Å². The molecular weight excluding hydrogens is 178 g/mol. The molecule has 1 aromatic rings. The van der Waals surface area contributed by atoms with E-state index in [-0.39, 0.29) is 5.92 Å². The minimum Gasteiger partial charge on any atom is -0.389 e. The van der Waals surface area contributed by atoms with Crippen molar-refractivity contribution in [3.05, 3.63) is 12.2 Å².